The van der Waals surface area contributed by atoms with Gasteiger partial charge in [-0.3, -0.25) is 14.4 Å². The molecule has 0 spiro atoms. The molecule has 90 valence electrons. The second-order valence-electron chi connectivity index (χ2n) is 3.39. The Kier molecular flexibility index (Phi) is 4.71. The maximum atomic E-state index is 11.4. The molecule has 16 heavy (non-hydrogen) atoms. The Morgan fingerprint density at radius 2 is 2.00 bits per heavy atom. The second kappa shape index (κ2) is 6.06. The molecule has 0 aromatic rings. The molecule has 7 heteroatoms. The average Bonchev–Trinajstić information content (AvgIpc) is 2.76. The lowest BCUT2D eigenvalue weighted by molar-refractivity contribution is -0.138. The van der Waals surface area contributed by atoms with Gasteiger partial charge in [-0.2, -0.15) is 0 Å². The van der Waals surface area contributed by atoms with Crippen LogP contribution in [0.15, 0.2) is 0 Å². The van der Waals surface area contributed by atoms with E-state index in [1.54, 1.807) is 0 Å². The van der Waals surface area contributed by atoms with Crippen molar-refractivity contribution >= 4 is 17.8 Å². The maximum Gasteiger partial charge on any atom is 0.322 e. The van der Waals surface area contributed by atoms with Gasteiger partial charge in [0.25, 0.3) is 0 Å². The molecule has 0 saturated carbocycles. The van der Waals surface area contributed by atoms with Gasteiger partial charge in [0.1, 0.15) is 12.6 Å². The van der Waals surface area contributed by atoms with Crippen molar-refractivity contribution in [3.05, 3.63) is 0 Å². The summed E-state index contributed by atoms with van der Waals surface area (Å²) in [5, 5.41) is 12.8. The summed E-state index contributed by atoms with van der Waals surface area (Å²) in [5.74, 6) is -1.99. The van der Waals surface area contributed by atoms with E-state index in [4.69, 9.17) is 9.84 Å². The molecule has 1 fully saturated rings. The van der Waals surface area contributed by atoms with Crippen LogP contribution in [0.5, 0.6) is 0 Å². The quantitative estimate of drug-likeness (QED) is 0.532. The molecule has 0 unspecified atom stereocenters. The van der Waals surface area contributed by atoms with E-state index >= 15 is 0 Å². The van der Waals surface area contributed by atoms with Crippen LogP contribution in [0.25, 0.3) is 0 Å². The third kappa shape index (κ3) is 4.26. The minimum absolute atomic E-state index is 0.230. The maximum absolute atomic E-state index is 11.4. The lowest BCUT2D eigenvalue weighted by atomic mass is 10.2. The van der Waals surface area contributed by atoms with Crippen molar-refractivity contribution in [1.82, 2.24) is 10.6 Å². The zero-order valence-corrected chi connectivity index (χ0v) is 8.69. The van der Waals surface area contributed by atoms with E-state index in [9.17, 15) is 14.4 Å². The molecule has 3 N–H and O–H groups in total. The van der Waals surface area contributed by atoms with E-state index in [-0.39, 0.29) is 12.5 Å². The molecule has 7 nitrogen and oxygen atoms in total. The van der Waals surface area contributed by atoms with Crippen molar-refractivity contribution in [2.45, 2.75) is 18.9 Å². The third-order valence-electron chi connectivity index (χ3n) is 2.08. The van der Waals surface area contributed by atoms with Gasteiger partial charge in [-0.15, -0.1) is 0 Å². The Morgan fingerprint density at radius 3 is 2.56 bits per heavy atom. The zero-order chi connectivity index (χ0) is 12.0. The van der Waals surface area contributed by atoms with Gasteiger partial charge in [-0.25, -0.2) is 0 Å². The fraction of sp³-hybridized carbons (Fsp3) is 0.667. The number of carbonyl (C=O) groups is 3. The molecule has 1 rings (SSSR count). The molecular weight excluding hydrogens is 216 g/mol. The number of nitrogens with one attached hydrogen (secondary N) is 2. The van der Waals surface area contributed by atoms with Gasteiger partial charge in [-0.1, -0.05) is 0 Å². The minimum Gasteiger partial charge on any atom is -0.480 e. The highest BCUT2D eigenvalue weighted by Crippen LogP contribution is 2.11. The highest BCUT2D eigenvalue weighted by atomic mass is 16.5. The van der Waals surface area contributed by atoms with Gasteiger partial charge in [0.2, 0.25) is 11.8 Å². The summed E-state index contributed by atoms with van der Waals surface area (Å²) < 4.78 is 5.11. The second-order valence-corrected chi connectivity index (χ2v) is 3.39. The average molecular weight is 230 g/mol. The first kappa shape index (κ1) is 12.4. The van der Waals surface area contributed by atoms with Crippen LogP contribution in [0.2, 0.25) is 0 Å². The molecule has 1 heterocycles. The Bertz CT molecular complexity index is 286. The highest BCUT2D eigenvalue weighted by Gasteiger charge is 2.23. The van der Waals surface area contributed by atoms with Gasteiger partial charge in [0, 0.05) is 6.61 Å². The molecule has 1 aliphatic heterocycles. The summed E-state index contributed by atoms with van der Waals surface area (Å²) >= 11 is 0. The van der Waals surface area contributed by atoms with Gasteiger partial charge >= 0.3 is 5.97 Å². The molecule has 2 amide bonds. The lowest BCUT2D eigenvalue weighted by Crippen LogP contribution is -2.42. The first-order chi connectivity index (χ1) is 7.59. The summed E-state index contributed by atoms with van der Waals surface area (Å²) in [7, 11) is 0. The minimum atomic E-state index is -1.13. The van der Waals surface area contributed by atoms with Crippen LogP contribution in [-0.4, -0.2) is 48.7 Å². The van der Waals surface area contributed by atoms with Crippen molar-refractivity contribution in [2.24, 2.45) is 0 Å². The van der Waals surface area contributed by atoms with Crippen LogP contribution in [-0.2, 0) is 19.1 Å². The molecule has 0 aromatic heterocycles. The first-order valence-electron chi connectivity index (χ1n) is 4.97. The van der Waals surface area contributed by atoms with E-state index in [0.717, 1.165) is 6.42 Å². The van der Waals surface area contributed by atoms with Gasteiger partial charge in [0.05, 0.1) is 6.54 Å². The third-order valence-corrected chi connectivity index (χ3v) is 2.08. The highest BCUT2D eigenvalue weighted by molar-refractivity contribution is 5.88. The molecular formula is C9H14N2O5. The fourth-order valence-electron chi connectivity index (χ4n) is 1.30. The van der Waals surface area contributed by atoms with Crippen LogP contribution in [0, 0.1) is 0 Å². The van der Waals surface area contributed by atoms with E-state index in [0.29, 0.717) is 13.0 Å². The Balaban J connectivity index is 2.15. The molecule has 0 aromatic carbocycles. The summed E-state index contributed by atoms with van der Waals surface area (Å²) in [6.45, 7) is -0.121. The normalized spacial score (nSPS) is 19.1. The predicted molar refractivity (Wildman–Crippen MR) is 52.6 cm³/mol. The van der Waals surface area contributed by atoms with Crippen molar-refractivity contribution in [3.8, 4) is 0 Å². The number of ether oxygens (including phenoxy) is 1. The van der Waals surface area contributed by atoms with E-state index in [2.05, 4.69) is 10.6 Å². The number of rotatable bonds is 5. The fourth-order valence-corrected chi connectivity index (χ4v) is 1.30. The van der Waals surface area contributed by atoms with Crippen molar-refractivity contribution in [3.63, 3.8) is 0 Å². The van der Waals surface area contributed by atoms with E-state index < -0.39 is 24.5 Å². The number of carbonyl (C=O) groups excluding carboxylic acids is 2. The SMILES string of the molecule is O=C(O)CNC(=O)CNC(=O)[C@@H]1CCCO1. The monoisotopic (exact) mass is 230 g/mol. The number of amides is 2. The number of hydrogen-bond acceptors (Lipinski definition) is 4. The topological polar surface area (TPSA) is 105 Å². The largest absolute Gasteiger partial charge is 0.480 e. The van der Waals surface area contributed by atoms with Gasteiger partial charge < -0.3 is 20.5 Å². The van der Waals surface area contributed by atoms with E-state index in [1.165, 1.54) is 0 Å². The standard InChI is InChI=1S/C9H14N2O5/c12-7(10-5-8(13)14)4-11-9(15)6-2-1-3-16-6/h6H,1-5H2,(H,10,12)(H,11,15)(H,13,14)/t6-/m0/s1. The van der Waals surface area contributed by atoms with Crippen LogP contribution in [0.4, 0.5) is 0 Å². The zero-order valence-electron chi connectivity index (χ0n) is 8.69. The predicted octanol–water partition coefficient (Wildman–Crippen LogP) is -1.52. The smallest absolute Gasteiger partial charge is 0.322 e. The summed E-state index contributed by atoms with van der Waals surface area (Å²) in [6.07, 6.45) is 1.01. The van der Waals surface area contributed by atoms with Crippen LogP contribution < -0.4 is 10.6 Å². The lowest BCUT2D eigenvalue weighted by Gasteiger charge is -2.09. The molecule has 0 radical (unpaired) electrons. The van der Waals surface area contributed by atoms with Crippen molar-refractivity contribution < 1.29 is 24.2 Å². The van der Waals surface area contributed by atoms with E-state index in [1.807, 2.05) is 0 Å². The number of carboxylic acid groups (broad SMARTS) is 1. The Labute approximate surface area is 92.1 Å². The molecule has 0 bridgehead atoms. The number of hydrogen-bond donors (Lipinski definition) is 3. The summed E-state index contributed by atoms with van der Waals surface area (Å²) in [5.41, 5.74) is 0. The van der Waals surface area contributed by atoms with Crippen molar-refractivity contribution in [1.29, 1.82) is 0 Å². The Morgan fingerprint density at radius 1 is 1.25 bits per heavy atom. The number of aliphatic carboxylic acids is 1. The molecule has 1 aliphatic rings. The van der Waals surface area contributed by atoms with Gasteiger partial charge in [-0.05, 0) is 12.8 Å². The van der Waals surface area contributed by atoms with Crippen LogP contribution in [0.3, 0.4) is 0 Å². The van der Waals surface area contributed by atoms with Crippen LogP contribution >= 0.6 is 0 Å². The Hall–Kier alpha value is -1.63. The first-order valence-corrected chi connectivity index (χ1v) is 4.97. The molecule has 0 aliphatic carbocycles. The summed E-state index contributed by atoms with van der Waals surface area (Å²) in [6, 6.07) is 0. The van der Waals surface area contributed by atoms with Gasteiger partial charge in [0.15, 0.2) is 0 Å². The van der Waals surface area contributed by atoms with Crippen LogP contribution in [0.1, 0.15) is 12.8 Å². The van der Waals surface area contributed by atoms with Crippen molar-refractivity contribution in [2.75, 3.05) is 19.7 Å². The number of carboxylic acids is 1. The molecule has 1 saturated heterocycles. The molecule has 1 atom stereocenters. The summed E-state index contributed by atoms with van der Waals surface area (Å²) in [4.78, 5) is 32.5.